The maximum Gasteiger partial charge on any atom is 0.329 e. The smallest absolute Gasteiger partial charge is 0.329 e. The molecule has 14 heavy (non-hydrogen) atoms. The Morgan fingerprint density at radius 1 is 1.43 bits per heavy atom. The van der Waals surface area contributed by atoms with Gasteiger partial charge in [-0.2, -0.15) is 0 Å². The molecule has 70 valence electrons. The lowest BCUT2D eigenvalue weighted by atomic mass is 10.3. The van der Waals surface area contributed by atoms with Gasteiger partial charge < -0.3 is 5.11 Å². The van der Waals surface area contributed by atoms with Crippen molar-refractivity contribution in [2.45, 2.75) is 0 Å². The monoisotopic (exact) mass is 189 g/mol. The van der Waals surface area contributed by atoms with Crippen LogP contribution >= 0.6 is 0 Å². The Kier molecular flexibility index (Phi) is 1.98. The normalized spacial score (nSPS) is 11.1. The number of carboxylic acids is 1. The van der Waals surface area contributed by atoms with Crippen LogP contribution in [0, 0.1) is 0 Å². The van der Waals surface area contributed by atoms with Crippen molar-refractivity contribution in [2.75, 3.05) is 0 Å². The van der Waals surface area contributed by atoms with Gasteiger partial charge in [-0.3, -0.25) is 0 Å². The number of para-hydroxylation sites is 1. The minimum absolute atomic E-state index is 0.738. The number of fused-ring (bicyclic) bond motifs is 1. The van der Waals surface area contributed by atoms with Gasteiger partial charge >= 0.3 is 5.97 Å². The maximum atomic E-state index is 10.3. The molecule has 0 atom stereocenters. The van der Waals surface area contributed by atoms with Crippen LogP contribution in [0.1, 0.15) is 0 Å². The molecule has 2 rings (SSSR count). The molecule has 5 heteroatoms. The molecular formula is C9H7N3O2. The Hall–Kier alpha value is -2.17. The van der Waals surface area contributed by atoms with Gasteiger partial charge in [0.05, 0.1) is 5.52 Å². The number of hydrogen-bond donors (Lipinski definition) is 1. The molecule has 0 spiro atoms. The average Bonchev–Trinajstić information content (AvgIpc) is 2.58. The fraction of sp³-hybridized carbons (Fsp3) is 0. The zero-order valence-electron chi connectivity index (χ0n) is 7.16. The summed E-state index contributed by atoms with van der Waals surface area (Å²) in [5.41, 5.74) is 1.52. The van der Waals surface area contributed by atoms with Gasteiger partial charge in [-0.15, -0.1) is 5.10 Å². The number of benzene rings is 1. The lowest BCUT2D eigenvalue weighted by Gasteiger charge is -1.90. The standard InChI is InChI=1S/C9H7N3O2/c13-9(14)5-6-12-8-4-2-1-3-7(8)10-11-12/h1-6H,(H,13,14)/b6-5+. The van der Waals surface area contributed by atoms with Crippen molar-refractivity contribution in [3.05, 3.63) is 30.3 Å². The van der Waals surface area contributed by atoms with E-state index in [1.54, 1.807) is 0 Å². The molecule has 1 N–H and O–H groups in total. The molecule has 0 aliphatic carbocycles. The molecule has 0 saturated heterocycles. The molecular weight excluding hydrogens is 182 g/mol. The van der Waals surface area contributed by atoms with Gasteiger partial charge in [-0.1, -0.05) is 17.3 Å². The van der Waals surface area contributed by atoms with E-state index in [0.29, 0.717) is 0 Å². The van der Waals surface area contributed by atoms with Crippen molar-refractivity contribution in [1.29, 1.82) is 0 Å². The molecule has 0 unspecified atom stereocenters. The number of nitrogens with zero attached hydrogens (tertiary/aromatic N) is 3. The van der Waals surface area contributed by atoms with E-state index < -0.39 is 5.97 Å². The van der Waals surface area contributed by atoms with Gasteiger partial charge in [0.25, 0.3) is 0 Å². The van der Waals surface area contributed by atoms with Crippen molar-refractivity contribution >= 4 is 23.2 Å². The summed E-state index contributed by atoms with van der Waals surface area (Å²) in [5.74, 6) is -1.01. The van der Waals surface area contributed by atoms with E-state index in [1.807, 2.05) is 24.3 Å². The molecule has 0 aliphatic rings. The van der Waals surface area contributed by atoms with Gasteiger partial charge in [-0.05, 0) is 12.1 Å². The zero-order valence-corrected chi connectivity index (χ0v) is 7.16. The zero-order chi connectivity index (χ0) is 9.97. The predicted molar refractivity (Wildman–Crippen MR) is 50.5 cm³/mol. The van der Waals surface area contributed by atoms with E-state index >= 15 is 0 Å². The quantitative estimate of drug-likeness (QED) is 0.715. The molecule has 0 radical (unpaired) electrons. The minimum Gasteiger partial charge on any atom is -0.478 e. The first kappa shape index (κ1) is 8.43. The van der Waals surface area contributed by atoms with Crippen LogP contribution in [-0.2, 0) is 4.79 Å². The molecule has 1 heterocycles. The molecule has 1 aromatic carbocycles. The summed E-state index contributed by atoms with van der Waals surface area (Å²) in [4.78, 5) is 10.3. The highest BCUT2D eigenvalue weighted by Gasteiger charge is 1.99. The molecule has 1 aromatic heterocycles. The van der Waals surface area contributed by atoms with E-state index in [1.165, 1.54) is 10.9 Å². The fourth-order valence-electron chi connectivity index (χ4n) is 1.13. The van der Waals surface area contributed by atoms with Crippen LogP contribution in [0.5, 0.6) is 0 Å². The summed E-state index contributed by atoms with van der Waals surface area (Å²) in [5, 5.41) is 16.1. The van der Waals surface area contributed by atoms with Crippen LogP contribution in [0.4, 0.5) is 0 Å². The Labute approximate surface area is 79.3 Å². The molecule has 0 fully saturated rings. The van der Waals surface area contributed by atoms with Gasteiger partial charge in [0.2, 0.25) is 0 Å². The summed E-state index contributed by atoms with van der Waals surface area (Å²) in [6.07, 6.45) is 2.37. The Morgan fingerprint density at radius 3 is 3.00 bits per heavy atom. The van der Waals surface area contributed by atoms with Crippen molar-refractivity contribution in [2.24, 2.45) is 0 Å². The number of carboxylic acid groups (broad SMARTS) is 1. The lowest BCUT2D eigenvalue weighted by Crippen LogP contribution is -1.92. The van der Waals surface area contributed by atoms with Gasteiger partial charge in [0.1, 0.15) is 5.52 Å². The Balaban J connectivity index is 2.48. The third-order valence-corrected chi connectivity index (χ3v) is 1.74. The third kappa shape index (κ3) is 1.47. The van der Waals surface area contributed by atoms with E-state index in [9.17, 15) is 4.79 Å². The van der Waals surface area contributed by atoms with Crippen LogP contribution in [0.3, 0.4) is 0 Å². The summed E-state index contributed by atoms with van der Waals surface area (Å²) in [6, 6.07) is 7.33. The summed E-state index contributed by atoms with van der Waals surface area (Å²) in [6.45, 7) is 0. The average molecular weight is 189 g/mol. The van der Waals surface area contributed by atoms with Crippen LogP contribution in [0.15, 0.2) is 30.3 Å². The number of carbonyl (C=O) groups is 1. The van der Waals surface area contributed by atoms with Crippen molar-refractivity contribution in [3.63, 3.8) is 0 Å². The SMILES string of the molecule is O=C(O)/C=C/n1nnc2ccccc21. The van der Waals surface area contributed by atoms with Crippen molar-refractivity contribution in [3.8, 4) is 0 Å². The molecule has 0 aliphatic heterocycles. The summed E-state index contributed by atoms with van der Waals surface area (Å²) in [7, 11) is 0. The highest BCUT2D eigenvalue weighted by molar-refractivity contribution is 5.84. The van der Waals surface area contributed by atoms with Crippen LogP contribution < -0.4 is 0 Å². The second-order valence-corrected chi connectivity index (χ2v) is 2.68. The fourth-order valence-corrected chi connectivity index (χ4v) is 1.13. The Morgan fingerprint density at radius 2 is 2.21 bits per heavy atom. The molecule has 0 amide bonds. The van der Waals surface area contributed by atoms with E-state index in [4.69, 9.17) is 5.11 Å². The molecule has 5 nitrogen and oxygen atoms in total. The highest BCUT2D eigenvalue weighted by Crippen LogP contribution is 2.09. The highest BCUT2D eigenvalue weighted by atomic mass is 16.4. The Bertz CT molecular complexity index is 501. The topological polar surface area (TPSA) is 68.0 Å². The van der Waals surface area contributed by atoms with E-state index in [-0.39, 0.29) is 0 Å². The number of aromatic nitrogens is 3. The molecule has 0 saturated carbocycles. The second-order valence-electron chi connectivity index (χ2n) is 2.68. The molecule has 2 aromatic rings. The summed E-state index contributed by atoms with van der Waals surface area (Å²) < 4.78 is 1.42. The van der Waals surface area contributed by atoms with E-state index in [2.05, 4.69) is 10.3 Å². The first-order chi connectivity index (χ1) is 6.77. The maximum absolute atomic E-state index is 10.3. The van der Waals surface area contributed by atoms with Gasteiger partial charge in [0.15, 0.2) is 0 Å². The third-order valence-electron chi connectivity index (χ3n) is 1.74. The predicted octanol–water partition coefficient (Wildman–Crippen LogP) is 0.987. The summed E-state index contributed by atoms with van der Waals surface area (Å²) >= 11 is 0. The van der Waals surface area contributed by atoms with Crippen LogP contribution in [-0.4, -0.2) is 26.1 Å². The van der Waals surface area contributed by atoms with Gasteiger partial charge in [0, 0.05) is 12.3 Å². The number of hydrogen-bond acceptors (Lipinski definition) is 3. The van der Waals surface area contributed by atoms with Crippen LogP contribution in [0.2, 0.25) is 0 Å². The number of rotatable bonds is 2. The largest absolute Gasteiger partial charge is 0.478 e. The second kappa shape index (κ2) is 3.29. The first-order valence-corrected chi connectivity index (χ1v) is 3.98. The van der Waals surface area contributed by atoms with Gasteiger partial charge in [-0.25, -0.2) is 9.48 Å². The van der Waals surface area contributed by atoms with E-state index in [0.717, 1.165) is 17.1 Å². The lowest BCUT2D eigenvalue weighted by molar-refractivity contribution is -0.131. The number of aliphatic carboxylic acids is 1. The van der Waals surface area contributed by atoms with Crippen molar-refractivity contribution in [1.82, 2.24) is 15.0 Å². The molecule has 0 bridgehead atoms. The van der Waals surface area contributed by atoms with Crippen LogP contribution in [0.25, 0.3) is 17.2 Å². The van der Waals surface area contributed by atoms with Crippen molar-refractivity contribution < 1.29 is 9.90 Å². The first-order valence-electron chi connectivity index (χ1n) is 3.98. The minimum atomic E-state index is -1.01.